The van der Waals surface area contributed by atoms with Crippen molar-refractivity contribution in [3.05, 3.63) is 54.4 Å². The first-order valence-corrected chi connectivity index (χ1v) is 10.8. The average molecular weight is 381 g/mol. The van der Waals surface area contributed by atoms with Gasteiger partial charge in [-0.1, -0.05) is 13.8 Å². The topological polar surface area (TPSA) is 36.2 Å². The van der Waals surface area contributed by atoms with E-state index in [-0.39, 0.29) is 11.9 Å². The zero-order valence-electron chi connectivity index (χ0n) is 17.5. The van der Waals surface area contributed by atoms with Gasteiger partial charge in [0.25, 0.3) is 5.91 Å². The molecule has 1 aliphatic rings. The summed E-state index contributed by atoms with van der Waals surface area (Å²) < 4.78 is 1.98. The summed E-state index contributed by atoms with van der Waals surface area (Å²) in [6.45, 7) is 8.65. The molecule has 1 amide bonds. The van der Waals surface area contributed by atoms with E-state index < -0.39 is 0 Å². The lowest BCUT2D eigenvalue weighted by Gasteiger charge is -2.28. The molecule has 1 saturated heterocycles. The van der Waals surface area contributed by atoms with Crippen LogP contribution in [0.4, 0.5) is 11.4 Å². The zero-order chi connectivity index (χ0) is 19.9. The number of piperidine rings is 1. The number of hydrogen-bond donors (Lipinski definition) is 1. The molecule has 0 saturated carbocycles. The van der Waals surface area contributed by atoms with Crippen molar-refractivity contribution >= 4 is 17.3 Å². The third-order valence-electron chi connectivity index (χ3n) is 6.02. The zero-order valence-corrected chi connectivity index (χ0v) is 17.5. The molecule has 28 heavy (non-hydrogen) atoms. The number of pyridine rings is 1. The highest BCUT2D eigenvalue weighted by Crippen LogP contribution is 2.23. The van der Waals surface area contributed by atoms with E-state index in [0.717, 1.165) is 31.6 Å². The fourth-order valence-corrected chi connectivity index (χ4v) is 4.03. The van der Waals surface area contributed by atoms with Crippen LogP contribution in [0.3, 0.4) is 0 Å². The maximum absolute atomic E-state index is 12.7. The molecule has 0 unspecified atom stereocenters. The number of benzene rings is 1. The predicted molar refractivity (Wildman–Crippen MR) is 116 cm³/mol. The van der Waals surface area contributed by atoms with Crippen LogP contribution in [0.5, 0.6) is 0 Å². The Labute approximate surface area is 169 Å². The summed E-state index contributed by atoms with van der Waals surface area (Å²) in [5.41, 5.74) is 3.45. The number of nitrogens with one attached hydrogen (secondary N) is 1. The highest BCUT2D eigenvalue weighted by Gasteiger charge is 2.22. The maximum atomic E-state index is 12.7. The summed E-state index contributed by atoms with van der Waals surface area (Å²) >= 11 is 0. The highest BCUT2D eigenvalue weighted by molar-refractivity contribution is 5.92. The molecular weight excluding hydrogens is 346 g/mol. The highest BCUT2D eigenvalue weighted by atomic mass is 16.2. The number of aromatic nitrogens is 1. The molecule has 0 spiro atoms. The lowest BCUT2D eigenvalue weighted by Crippen LogP contribution is -2.44. The van der Waals surface area contributed by atoms with Crippen LogP contribution < -0.4 is 14.8 Å². The Morgan fingerprint density at radius 2 is 1.61 bits per heavy atom. The second-order valence-electron chi connectivity index (χ2n) is 7.85. The molecule has 1 aliphatic heterocycles. The van der Waals surface area contributed by atoms with Gasteiger partial charge in [-0.3, -0.25) is 4.79 Å². The molecule has 1 aromatic carbocycles. The first kappa shape index (κ1) is 20.4. The van der Waals surface area contributed by atoms with Gasteiger partial charge in [0.05, 0.1) is 0 Å². The van der Waals surface area contributed by atoms with E-state index in [1.165, 1.54) is 30.5 Å². The van der Waals surface area contributed by atoms with Gasteiger partial charge in [-0.05, 0) is 67.9 Å². The van der Waals surface area contributed by atoms with Gasteiger partial charge < -0.3 is 10.2 Å². The Balaban J connectivity index is 1.60. The molecule has 0 bridgehead atoms. The van der Waals surface area contributed by atoms with E-state index in [1.54, 1.807) is 0 Å². The van der Waals surface area contributed by atoms with E-state index in [2.05, 4.69) is 48.3 Å². The van der Waals surface area contributed by atoms with Gasteiger partial charge >= 0.3 is 0 Å². The molecule has 1 N–H and O–H groups in total. The molecule has 0 aliphatic carbocycles. The van der Waals surface area contributed by atoms with Crippen LogP contribution in [0.1, 0.15) is 70.4 Å². The van der Waals surface area contributed by atoms with Crippen LogP contribution in [0.2, 0.25) is 0 Å². The van der Waals surface area contributed by atoms with Gasteiger partial charge in [-0.15, -0.1) is 0 Å². The minimum Gasteiger partial charge on any atom is -0.372 e. The van der Waals surface area contributed by atoms with Gasteiger partial charge in [-0.25, -0.2) is 0 Å². The summed E-state index contributed by atoms with van der Waals surface area (Å²) in [7, 11) is 0. The lowest BCUT2D eigenvalue weighted by atomic mass is 9.95. The van der Waals surface area contributed by atoms with Gasteiger partial charge in [0.1, 0.15) is 0 Å². The van der Waals surface area contributed by atoms with Crippen LogP contribution in [0, 0.1) is 0 Å². The fourth-order valence-electron chi connectivity index (χ4n) is 4.03. The largest absolute Gasteiger partial charge is 0.372 e. The molecule has 2 aromatic rings. The first-order valence-electron chi connectivity index (χ1n) is 10.8. The van der Waals surface area contributed by atoms with Crippen molar-refractivity contribution in [2.75, 3.05) is 23.3 Å². The van der Waals surface area contributed by atoms with Crippen molar-refractivity contribution < 1.29 is 9.36 Å². The SMILES string of the molecule is CCC(CC)c1cc[n+]([C@H](C)C(=O)Nc2ccc(N3CCCCC3)cc2)cc1. The van der Waals surface area contributed by atoms with Crippen molar-refractivity contribution in [2.45, 2.75) is 64.8 Å². The van der Waals surface area contributed by atoms with E-state index in [0.29, 0.717) is 5.92 Å². The van der Waals surface area contributed by atoms with Crippen LogP contribution in [0.15, 0.2) is 48.8 Å². The molecule has 3 rings (SSSR count). The number of carbonyl (C=O) groups is 1. The number of nitrogens with zero attached hydrogens (tertiary/aromatic N) is 2. The molecule has 1 fully saturated rings. The number of amides is 1. The second kappa shape index (κ2) is 9.72. The molecule has 1 aromatic heterocycles. The molecular formula is C24H34N3O+. The van der Waals surface area contributed by atoms with Crippen molar-refractivity contribution in [1.82, 2.24) is 0 Å². The summed E-state index contributed by atoms with van der Waals surface area (Å²) in [6, 6.07) is 12.3. The van der Waals surface area contributed by atoms with Crippen LogP contribution in [-0.4, -0.2) is 19.0 Å². The van der Waals surface area contributed by atoms with Gasteiger partial charge in [0, 0.05) is 43.5 Å². The third kappa shape index (κ3) is 4.92. The van der Waals surface area contributed by atoms with Crippen molar-refractivity contribution in [3.63, 3.8) is 0 Å². The monoisotopic (exact) mass is 380 g/mol. The Bertz CT molecular complexity index is 744. The standard InChI is InChI=1S/C24H33N3O/c1-4-20(5-2)21-13-17-26(18-14-21)19(3)24(28)25-22-9-11-23(12-10-22)27-15-7-6-8-16-27/h9-14,17-20H,4-8,15-16H2,1-3H3/p+1/t19-/m1/s1. The smallest absolute Gasteiger partial charge is 0.293 e. The van der Waals surface area contributed by atoms with Crippen LogP contribution in [0.25, 0.3) is 0 Å². The molecule has 4 heteroatoms. The average Bonchev–Trinajstić information content (AvgIpc) is 2.76. The first-order chi connectivity index (χ1) is 13.6. The third-order valence-corrected chi connectivity index (χ3v) is 6.02. The number of anilines is 2. The molecule has 150 valence electrons. The maximum Gasteiger partial charge on any atom is 0.293 e. The normalized spacial score (nSPS) is 15.5. The summed E-state index contributed by atoms with van der Waals surface area (Å²) in [4.78, 5) is 15.1. The summed E-state index contributed by atoms with van der Waals surface area (Å²) in [5, 5.41) is 3.05. The van der Waals surface area contributed by atoms with Crippen LogP contribution >= 0.6 is 0 Å². The minimum atomic E-state index is -0.252. The van der Waals surface area contributed by atoms with Crippen molar-refractivity contribution in [3.8, 4) is 0 Å². The van der Waals surface area contributed by atoms with E-state index in [4.69, 9.17) is 0 Å². The fraction of sp³-hybridized carbons (Fsp3) is 0.500. The van der Waals surface area contributed by atoms with E-state index >= 15 is 0 Å². The van der Waals surface area contributed by atoms with Crippen LogP contribution in [-0.2, 0) is 4.79 Å². The Hall–Kier alpha value is -2.36. The number of rotatable bonds is 7. The van der Waals surface area contributed by atoms with Crippen molar-refractivity contribution in [1.29, 1.82) is 0 Å². The predicted octanol–water partition coefficient (Wildman–Crippen LogP) is 5.07. The summed E-state index contributed by atoms with van der Waals surface area (Å²) in [5.74, 6) is 0.600. The Morgan fingerprint density at radius 1 is 1.00 bits per heavy atom. The minimum absolute atomic E-state index is 0.00556. The van der Waals surface area contributed by atoms with Gasteiger partial charge in [0.2, 0.25) is 6.04 Å². The lowest BCUT2D eigenvalue weighted by molar-refractivity contribution is -0.705. The Morgan fingerprint density at radius 3 is 2.18 bits per heavy atom. The molecule has 4 nitrogen and oxygen atoms in total. The Kier molecular flexibility index (Phi) is 7.07. The van der Waals surface area contributed by atoms with E-state index in [1.807, 2.05) is 36.0 Å². The summed E-state index contributed by atoms with van der Waals surface area (Å²) in [6.07, 6.45) is 10.2. The molecule has 1 atom stereocenters. The number of hydrogen-bond acceptors (Lipinski definition) is 2. The van der Waals surface area contributed by atoms with Crippen molar-refractivity contribution in [2.24, 2.45) is 0 Å². The van der Waals surface area contributed by atoms with E-state index in [9.17, 15) is 4.79 Å². The molecule has 2 heterocycles. The second-order valence-corrected chi connectivity index (χ2v) is 7.85. The van der Waals surface area contributed by atoms with Gasteiger partial charge in [0.15, 0.2) is 12.4 Å². The van der Waals surface area contributed by atoms with Gasteiger partial charge in [-0.2, -0.15) is 4.57 Å². The molecule has 0 radical (unpaired) electrons. The number of carbonyl (C=O) groups excluding carboxylic acids is 1. The quantitative estimate of drug-likeness (QED) is 0.681.